The molecule has 0 radical (unpaired) electrons. The van der Waals surface area contributed by atoms with Crippen molar-refractivity contribution in [3.8, 4) is 0 Å². The fourth-order valence-corrected chi connectivity index (χ4v) is 2.44. The van der Waals surface area contributed by atoms with Crippen LogP contribution in [0.5, 0.6) is 0 Å². The summed E-state index contributed by atoms with van der Waals surface area (Å²) in [6.45, 7) is 13.4. The predicted octanol–water partition coefficient (Wildman–Crippen LogP) is 1.59. The maximum Gasteiger partial charge on any atom is 0.0620 e. The average Bonchev–Trinajstić information content (AvgIpc) is 2.25. The highest BCUT2D eigenvalue weighted by molar-refractivity contribution is 4.85. The molecule has 1 heterocycles. The number of hydrogen-bond donors (Lipinski definition) is 1. The minimum absolute atomic E-state index is 0.563. The summed E-state index contributed by atoms with van der Waals surface area (Å²) in [5.41, 5.74) is 0. The zero-order chi connectivity index (χ0) is 12.1. The Morgan fingerprint density at radius 2 is 2.00 bits per heavy atom. The lowest BCUT2D eigenvalue weighted by Gasteiger charge is -2.41. The second-order valence-corrected chi connectivity index (χ2v) is 5.57. The summed E-state index contributed by atoms with van der Waals surface area (Å²) in [7, 11) is 1.80. The first-order valence-corrected chi connectivity index (χ1v) is 6.52. The van der Waals surface area contributed by atoms with Gasteiger partial charge in [-0.3, -0.25) is 4.90 Å². The van der Waals surface area contributed by atoms with E-state index in [0.717, 1.165) is 26.2 Å². The molecule has 1 saturated heterocycles. The Hall–Kier alpha value is -0.120. The predicted molar refractivity (Wildman–Crippen MR) is 68.7 cm³/mol. The van der Waals surface area contributed by atoms with Crippen LogP contribution in [-0.4, -0.2) is 50.3 Å². The quantitative estimate of drug-likeness (QED) is 0.773. The Morgan fingerprint density at radius 3 is 2.50 bits per heavy atom. The molecule has 0 aromatic carbocycles. The van der Waals surface area contributed by atoms with Gasteiger partial charge in [0, 0.05) is 38.8 Å². The van der Waals surface area contributed by atoms with Crippen molar-refractivity contribution in [2.24, 2.45) is 11.8 Å². The third-order valence-electron chi connectivity index (χ3n) is 3.62. The Kier molecular flexibility index (Phi) is 5.73. The van der Waals surface area contributed by atoms with Crippen LogP contribution in [0.25, 0.3) is 0 Å². The van der Waals surface area contributed by atoms with Crippen LogP contribution < -0.4 is 5.32 Å². The summed E-state index contributed by atoms with van der Waals surface area (Å²) in [6.07, 6.45) is 0. The molecule has 0 aromatic rings. The summed E-state index contributed by atoms with van der Waals surface area (Å²) >= 11 is 0. The van der Waals surface area contributed by atoms with Crippen LogP contribution in [0.2, 0.25) is 0 Å². The lowest BCUT2D eigenvalue weighted by Crippen LogP contribution is -2.57. The van der Waals surface area contributed by atoms with Crippen LogP contribution in [-0.2, 0) is 4.74 Å². The molecular formula is C13H28N2O. The smallest absolute Gasteiger partial charge is 0.0620 e. The number of ether oxygens (including phenoxy) is 1. The Morgan fingerprint density at radius 1 is 1.31 bits per heavy atom. The third kappa shape index (κ3) is 3.72. The van der Waals surface area contributed by atoms with Crippen LogP contribution >= 0.6 is 0 Å². The monoisotopic (exact) mass is 228 g/mol. The maximum atomic E-state index is 5.35. The summed E-state index contributed by atoms with van der Waals surface area (Å²) in [5, 5.41) is 3.60. The molecule has 0 spiro atoms. The van der Waals surface area contributed by atoms with Crippen LogP contribution in [0, 0.1) is 11.8 Å². The van der Waals surface area contributed by atoms with Crippen molar-refractivity contribution in [3.05, 3.63) is 0 Å². The van der Waals surface area contributed by atoms with Crippen molar-refractivity contribution in [2.45, 2.75) is 39.8 Å². The van der Waals surface area contributed by atoms with Gasteiger partial charge in [0.05, 0.1) is 6.61 Å². The number of piperazine rings is 1. The molecule has 1 N–H and O–H groups in total. The first-order valence-electron chi connectivity index (χ1n) is 6.52. The van der Waals surface area contributed by atoms with Crippen molar-refractivity contribution >= 4 is 0 Å². The number of hydrogen-bond acceptors (Lipinski definition) is 3. The maximum absolute atomic E-state index is 5.35. The van der Waals surface area contributed by atoms with Gasteiger partial charge >= 0.3 is 0 Å². The highest BCUT2D eigenvalue weighted by atomic mass is 16.5. The Balaban J connectivity index is 2.55. The van der Waals surface area contributed by atoms with Crippen LogP contribution in [0.1, 0.15) is 27.7 Å². The molecule has 0 bridgehead atoms. The van der Waals surface area contributed by atoms with Gasteiger partial charge in [-0.25, -0.2) is 0 Å². The second-order valence-electron chi connectivity index (χ2n) is 5.57. The molecule has 3 nitrogen and oxygen atoms in total. The van der Waals surface area contributed by atoms with Crippen molar-refractivity contribution in [1.82, 2.24) is 10.2 Å². The Labute approximate surface area is 101 Å². The van der Waals surface area contributed by atoms with Gasteiger partial charge in [-0.05, 0) is 11.8 Å². The van der Waals surface area contributed by atoms with E-state index in [1.807, 2.05) is 0 Å². The molecule has 0 aliphatic carbocycles. The topological polar surface area (TPSA) is 24.5 Å². The van der Waals surface area contributed by atoms with E-state index in [4.69, 9.17) is 4.74 Å². The van der Waals surface area contributed by atoms with Crippen molar-refractivity contribution in [2.75, 3.05) is 33.4 Å². The van der Waals surface area contributed by atoms with Crippen LogP contribution in [0.15, 0.2) is 0 Å². The first kappa shape index (κ1) is 13.9. The zero-order valence-corrected chi connectivity index (χ0v) is 11.5. The highest BCUT2D eigenvalue weighted by Gasteiger charge is 2.28. The summed E-state index contributed by atoms with van der Waals surface area (Å²) in [4.78, 5) is 2.59. The summed E-state index contributed by atoms with van der Waals surface area (Å²) in [5.74, 6) is 1.36. The standard InChI is InChI=1S/C13H28N2O/c1-10(2)12-8-15(7-6-14-12)13(9-16-5)11(3)4/h10-14H,6-9H2,1-5H3. The van der Waals surface area contributed by atoms with Gasteiger partial charge in [0.2, 0.25) is 0 Å². The molecule has 3 heteroatoms. The number of rotatable bonds is 5. The molecule has 1 aliphatic rings. The SMILES string of the molecule is COCC(C(C)C)N1CCNC(C(C)C)C1. The lowest BCUT2D eigenvalue weighted by molar-refractivity contribution is 0.0403. The van der Waals surface area contributed by atoms with Crippen LogP contribution in [0.4, 0.5) is 0 Å². The van der Waals surface area contributed by atoms with Gasteiger partial charge in [0.15, 0.2) is 0 Å². The molecule has 0 aromatic heterocycles. The molecular weight excluding hydrogens is 200 g/mol. The second kappa shape index (κ2) is 6.58. The van der Waals surface area contributed by atoms with E-state index in [0.29, 0.717) is 23.9 Å². The number of nitrogens with zero attached hydrogens (tertiary/aromatic N) is 1. The molecule has 0 amide bonds. The summed E-state index contributed by atoms with van der Waals surface area (Å²) < 4.78 is 5.35. The van der Waals surface area contributed by atoms with E-state index in [1.165, 1.54) is 0 Å². The molecule has 1 rings (SSSR count). The molecule has 2 unspecified atom stereocenters. The molecule has 1 fully saturated rings. The number of methoxy groups -OCH3 is 1. The van der Waals surface area contributed by atoms with Gasteiger partial charge in [-0.1, -0.05) is 27.7 Å². The lowest BCUT2D eigenvalue weighted by atomic mass is 9.97. The van der Waals surface area contributed by atoms with Gasteiger partial charge < -0.3 is 10.1 Å². The summed E-state index contributed by atoms with van der Waals surface area (Å²) in [6, 6.07) is 1.19. The van der Waals surface area contributed by atoms with Crippen LogP contribution in [0.3, 0.4) is 0 Å². The molecule has 1 aliphatic heterocycles. The van der Waals surface area contributed by atoms with E-state index in [2.05, 4.69) is 37.9 Å². The van der Waals surface area contributed by atoms with Crippen molar-refractivity contribution < 1.29 is 4.74 Å². The van der Waals surface area contributed by atoms with Crippen molar-refractivity contribution in [3.63, 3.8) is 0 Å². The van der Waals surface area contributed by atoms with E-state index in [-0.39, 0.29) is 0 Å². The van der Waals surface area contributed by atoms with Gasteiger partial charge in [-0.15, -0.1) is 0 Å². The van der Waals surface area contributed by atoms with E-state index >= 15 is 0 Å². The molecule has 2 atom stereocenters. The molecule has 96 valence electrons. The van der Waals surface area contributed by atoms with Crippen molar-refractivity contribution in [1.29, 1.82) is 0 Å². The van der Waals surface area contributed by atoms with Gasteiger partial charge in [-0.2, -0.15) is 0 Å². The molecule has 16 heavy (non-hydrogen) atoms. The zero-order valence-electron chi connectivity index (χ0n) is 11.5. The van der Waals surface area contributed by atoms with E-state index in [9.17, 15) is 0 Å². The van der Waals surface area contributed by atoms with Gasteiger partial charge in [0.25, 0.3) is 0 Å². The molecule has 0 saturated carbocycles. The normalized spacial score (nSPS) is 25.3. The fraction of sp³-hybridized carbons (Fsp3) is 1.00. The fourth-order valence-electron chi connectivity index (χ4n) is 2.44. The van der Waals surface area contributed by atoms with Gasteiger partial charge in [0.1, 0.15) is 0 Å². The largest absolute Gasteiger partial charge is 0.383 e. The minimum Gasteiger partial charge on any atom is -0.383 e. The first-order chi connectivity index (χ1) is 7.56. The Bertz CT molecular complexity index is 194. The third-order valence-corrected chi connectivity index (χ3v) is 3.62. The average molecular weight is 228 g/mol. The number of nitrogens with one attached hydrogen (secondary N) is 1. The van der Waals surface area contributed by atoms with E-state index in [1.54, 1.807) is 7.11 Å². The minimum atomic E-state index is 0.563. The highest BCUT2D eigenvalue weighted by Crippen LogP contribution is 2.16. The van der Waals surface area contributed by atoms with E-state index < -0.39 is 0 Å².